The molecule has 78 valence electrons. The summed E-state index contributed by atoms with van der Waals surface area (Å²) in [5.74, 6) is 0. The van der Waals surface area contributed by atoms with Crippen LogP contribution in [0.15, 0.2) is 30.4 Å². The summed E-state index contributed by atoms with van der Waals surface area (Å²) in [6, 6.07) is 6.76. The van der Waals surface area contributed by atoms with Gasteiger partial charge in [0, 0.05) is 5.41 Å². The zero-order chi connectivity index (χ0) is 11.1. The third kappa shape index (κ3) is 1.77. The first kappa shape index (κ1) is 10.2. The Morgan fingerprint density at radius 2 is 1.87 bits per heavy atom. The van der Waals surface area contributed by atoms with E-state index in [-0.39, 0.29) is 5.41 Å². The van der Waals surface area contributed by atoms with Crippen molar-refractivity contribution in [3.05, 3.63) is 46.4 Å². The molecule has 1 aromatic rings. The van der Waals surface area contributed by atoms with Gasteiger partial charge in [-0.05, 0) is 29.8 Å². The lowest BCUT2D eigenvalue weighted by Crippen LogP contribution is -2.28. The fraction of sp³-hybridized carbons (Fsp3) is 0.333. The zero-order valence-corrected chi connectivity index (χ0v) is 9.96. The van der Waals surface area contributed by atoms with E-state index in [1.54, 1.807) is 0 Å². The van der Waals surface area contributed by atoms with Gasteiger partial charge in [-0.2, -0.15) is 0 Å². The monoisotopic (exact) mass is 198 g/mol. The van der Waals surface area contributed by atoms with Crippen LogP contribution < -0.4 is 10.4 Å². The van der Waals surface area contributed by atoms with Crippen molar-refractivity contribution in [2.75, 3.05) is 0 Å². The van der Waals surface area contributed by atoms with E-state index in [9.17, 15) is 0 Å². The van der Waals surface area contributed by atoms with Gasteiger partial charge < -0.3 is 0 Å². The molecule has 0 unspecified atom stereocenters. The molecule has 0 amide bonds. The number of allylic oxidation sites excluding steroid dienone is 2. The number of hydrogen-bond acceptors (Lipinski definition) is 0. The maximum Gasteiger partial charge on any atom is 0.00845 e. The smallest absolute Gasteiger partial charge is 0.00845 e. The molecule has 2 rings (SSSR count). The average Bonchev–Trinajstić information content (AvgIpc) is 2.17. The predicted octanol–water partition coefficient (Wildman–Crippen LogP) is 2.51. The number of hydrogen-bond donors (Lipinski definition) is 0. The Labute approximate surface area is 91.6 Å². The van der Waals surface area contributed by atoms with E-state index in [1.807, 2.05) is 0 Å². The van der Waals surface area contributed by atoms with Gasteiger partial charge in [0.1, 0.15) is 0 Å². The van der Waals surface area contributed by atoms with Crippen LogP contribution in [0.3, 0.4) is 0 Å². The minimum Gasteiger partial charge on any atom is -0.0744 e. The Hall–Kier alpha value is -1.30. The van der Waals surface area contributed by atoms with Crippen molar-refractivity contribution in [3.8, 4) is 0 Å². The molecule has 0 aromatic heterocycles. The van der Waals surface area contributed by atoms with E-state index in [4.69, 9.17) is 0 Å². The average molecular weight is 198 g/mol. The van der Waals surface area contributed by atoms with Crippen LogP contribution in [-0.2, 0) is 5.41 Å². The maximum absolute atomic E-state index is 2.32. The van der Waals surface area contributed by atoms with Crippen molar-refractivity contribution in [1.29, 1.82) is 0 Å². The second-order valence-corrected chi connectivity index (χ2v) is 5.05. The van der Waals surface area contributed by atoms with Crippen LogP contribution >= 0.6 is 0 Å². The Bertz CT molecular complexity index is 524. The van der Waals surface area contributed by atoms with Crippen molar-refractivity contribution in [2.24, 2.45) is 0 Å². The van der Waals surface area contributed by atoms with E-state index in [2.05, 4.69) is 64.1 Å². The summed E-state index contributed by atoms with van der Waals surface area (Å²) in [6.45, 7) is 8.86. The lowest BCUT2D eigenvalue weighted by Gasteiger charge is -2.24. The Balaban J connectivity index is 2.80. The molecule has 0 nitrogen and oxygen atoms in total. The highest BCUT2D eigenvalue weighted by Gasteiger charge is 2.19. The minimum atomic E-state index is 0.162. The maximum atomic E-state index is 2.32. The SMILES string of the molecule is CC(C)=c1ccc2c(c1)C(C)(C)C=CC=2. The summed E-state index contributed by atoms with van der Waals surface area (Å²) >= 11 is 0. The summed E-state index contributed by atoms with van der Waals surface area (Å²) in [6.07, 6.45) is 6.62. The quantitative estimate of drug-likeness (QED) is 0.601. The molecule has 0 radical (unpaired) electrons. The molecular weight excluding hydrogens is 180 g/mol. The van der Waals surface area contributed by atoms with Gasteiger partial charge in [-0.15, -0.1) is 0 Å². The zero-order valence-electron chi connectivity index (χ0n) is 9.96. The van der Waals surface area contributed by atoms with Crippen molar-refractivity contribution in [2.45, 2.75) is 33.1 Å². The summed E-state index contributed by atoms with van der Waals surface area (Å²) < 4.78 is 0. The van der Waals surface area contributed by atoms with Crippen LogP contribution in [0.5, 0.6) is 0 Å². The van der Waals surface area contributed by atoms with Gasteiger partial charge in [0.25, 0.3) is 0 Å². The van der Waals surface area contributed by atoms with Crippen LogP contribution in [0.1, 0.15) is 33.3 Å². The van der Waals surface area contributed by atoms with Crippen molar-refractivity contribution in [1.82, 2.24) is 0 Å². The number of benzene rings is 1. The van der Waals surface area contributed by atoms with Gasteiger partial charge in [-0.1, -0.05) is 55.8 Å². The fourth-order valence-electron chi connectivity index (χ4n) is 2.05. The van der Waals surface area contributed by atoms with Crippen LogP contribution in [0, 0.1) is 0 Å². The summed E-state index contributed by atoms with van der Waals surface area (Å²) in [5, 5.41) is 2.71. The van der Waals surface area contributed by atoms with Gasteiger partial charge in [0.15, 0.2) is 0 Å². The molecule has 0 bridgehead atoms. The fourth-order valence-corrected chi connectivity index (χ4v) is 2.05. The topological polar surface area (TPSA) is 0 Å². The Morgan fingerprint density at radius 1 is 1.13 bits per heavy atom. The first-order valence-electron chi connectivity index (χ1n) is 5.48. The molecule has 0 N–H and O–H groups in total. The first-order valence-corrected chi connectivity index (χ1v) is 5.48. The molecule has 0 aliphatic heterocycles. The van der Waals surface area contributed by atoms with Crippen molar-refractivity contribution in [3.63, 3.8) is 0 Å². The molecule has 1 aliphatic carbocycles. The molecule has 0 fully saturated rings. The van der Waals surface area contributed by atoms with Crippen molar-refractivity contribution >= 4 is 11.6 Å². The van der Waals surface area contributed by atoms with Gasteiger partial charge in [-0.3, -0.25) is 0 Å². The molecule has 0 saturated heterocycles. The molecule has 0 saturated carbocycles. The first-order chi connectivity index (χ1) is 7.00. The second kappa shape index (κ2) is 3.37. The number of fused-ring (bicyclic) bond motifs is 1. The van der Waals surface area contributed by atoms with Gasteiger partial charge in [0.05, 0.1) is 0 Å². The van der Waals surface area contributed by atoms with Crippen LogP contribution in [0.4, 0.5) is 0 Å². The molecule has 0 heterocycles. The van der Waals surface area contributed by atoms with Gasteiger partial charge in [-0.25, -0.2) is 0 Å². The summed E-state index contributed by atoms with van der Waals surface area (Å²) in [4.78, 5) is 0. The normalized spacial score (nSPS) is 16.8. The van der Waals surface area contributed by atoms with Crippen LogP contribution in [-0.4, -0.2) is 0 Å². The van der Waals surface area contributed by atoms with E-state index >= 15 is 0 Å². The van der Waals surface area contributed by atoms with E-state index < -0.39 is 0 Å². The third-order valence-electron chi connectivity index (χ3n) is 3.11. The van der Waals surface area contributed by atoms with Crippen LogP contribution in [0.25, 0.3) is 11.6 Å². The largest absolute Gasteiger partial charge is 0.0744 e. The summed E-state index contributed by atoms with van der Waals surface area (Å²) in [5.41, 5.74) is 2.97. The number of rotatable bonds is 0. The van der Waals surface area contributed by atoms with Crippen LogP contribution in [0.2, 0.25) is 0 Å². The standard InChI is InChI=1S/C15H18/c1-11(2)13-8-7-12-6-5-9-15(3,4)14(12)10-13/h5-10H,1-4H3. The highest BCUT2D eigenvalue weighted by Crippen LogP contribution is 2.22. The molecule has 1 aliphatic rings. The van der Waals surface area contributed by atoms with E-state index in [0.717, 1.165) is 0 Å². The Morgan fingerprint density at radius 3 is 2.53 bits per heavy atom. The molecule has 1 aromatic carbocycles. The predicted molar refractivity (Wildman–Crippen MR) is 67.1 cm³/mol. The molecule has 0 heteroatoms. The second-order valence-electron chi connectivity index (χ2n) is 5.05. The molecule has 0 atom stereocenters. The lowest BCUT2D eigenvalue weighted by molar-refractivity contribution is 0.661. The molecule has 0 spiro atoms. The van der Waals surface area contributed by atoms with Gasteiger partial charge in [0.2, 0.25) is 0 Å². The van der Waals surface area contributed by atoms with Gasteiger partial charge >= 0.3 is 0 Å². The van der Waals surface area contributed by atoms with E-state index in [0.29, 0.717) is 0 Å². The van der Waals surface area contributed by atoms with Crippen molar-refractivity contribution < 1.29 is 0 Å². The third-order valence-corrected chi connectivity index (χ3v) is 3.11. The highest BCUT2D eigenvalue weighted by atomic mass is 14.2. The summed E-state index contributed by atoms with van der Waals surface area (Å²) in [7, 11) is 0. The Kier molecular flexibility index (Phi) is 2.30. The molecular formula is C15H18. The minimum absolute atomic E-state index is 0.162. The van der Waals surface area contributed by atoms with E-state index in [1.165, 1.54) is 21.6 Å². The highest BCUT2D eigenvalue weighted by molar-refractivity contribution is 5.51. The lowest BCUT2D eigenvalue weighted by atomic mass is 9.80. The molecule has 15 heavy (non-hydrogen) atoms.